The number of methoxy groups -OCH3 is 1. The van der Waals surface area contributed by atoms with Gasteiger partial charge in [0.2, 0.25) is 0 Å². The van der Waals surface area contributed by atoms with E-state index in [0.717, 1.165) is 31.7 Å². The highest BCUT2D eigenvalue weighted by atomic mass is 16.5. The average molecular weight is 264 g/mol. The number of nitrogens with two attached hydrogens (primary N) is 1. The van der Waals surface area contributed by atoms with Crippen LogP contribution in [0.1, 0.15) is 30.0 Å². The molecule has 1 aromatic carbocycles. The molecular weight excluding hydrogens is 240 g/mol. The fraction of sp³-hybridized carbons (Fsp3) is 0.600. The van der Waals surface area contributed by atoms with Crippen LogP contribution in [0.4, 0.5) is 5.69 Å². The highest BCUT2D eigenvalue weighted by Crippen LogP contribution is 2.32. The van der Waals surface area contributed by atoms with E-state index in [2.05, 4.69) is 17.4 Å². The number of nitrogens with one attached hydrogen (secondary N) is 1. The summed E-state index contributed by atoms with van der Waals surface area (Å²) in [4.78, 5) is 0. The number of ether oxygens (including phenoxy) is 2. The Morgan fingerprint density at radius 2 is 2.21 bits per heavy atom. The molecule has 0 aliphatic heterocycles. The lowest BCUT2D eigenvalue weighted by Crippen LogP contribution is -2.21. The van der Waals surface area contributed by atoms with E-state index in [1.54, 1.807) is 7.11 Å². The van der Waals surface area contributed by atoms with Crippen molar-refractivity contribution in [2.75, 3.05) is 39.2 Å². The quantitative estimate of drug-likeness (QED) is 0.556. The summed E-state index contributed by atoms with van der Waals surface area (Å²) in [6, 6.07) is 6.73. The third-order valence-electron chi connectivity index (χ3n) is 3.53. The number of hydrogen-bond acceptors (Lipinski definition) is 4. The lowest BCUT2D eigenvalue weighted by atomic mass is 10.1. The van der Waals surface area contributed by atoms with E-state index in [9.17, 15) is 0 Å². The molecule has 1 unspecified atom stereocenters. The maximum absolute atomic E-state index is 5.81. The summed E-state index contributed by atoms with van der Waals surface area (Å²) in [6.07, 6.45) is 3.33. The van der Waals surface area contributed by atoms with Gasteiger partial charge in [0.15, 0.2) is 0 Å². The Labute approximate surface area is 115 Å². The normalized spacial score (nSPS) is 17.6. The summed E-state index contributed by atoms with van der Waals surface area (Å²) >= 11 is 0. The maximum Gasteiger partial charge on any atom is 0.0700 e. The van der Waals surface area contributed by atoms with E-state index in [1.807, 2.05) is 6.07 Å². The molecule has 2 rings (SSSR count). The van der Waals surface area contributed by atoms with Gasteiger partial charge in [-0.1, -0.05) is 6.07 Å². The molecule has 1 aliphatic rings. The highest BCUT2D eigenvalue weighted by Gasteiger charge is 2.21. The number of fused-ring (bicyclic) bond motifs is 1. The Morgan fingerprint density at radius 1 is 1.32 bits per heavy atom. The van der Waals surface area contributed by atoms with Gasteiger partial charge in [0.1, 0.15) is 0 Å². The summed E-state index contributed by atoms with van der Waals surface area (Å²) in [5.74, 6) is 0. The first-order valence-electron chi connectivity index (χ1n) is 6.99. The molecular formula is C15H24N2O2. The van der Waals surface area contributed by atoms with Crippen molar-refractivity contribution in [1.82, 2.24) is 5.32 Å². The van der Waals surface area contributed by atoms with Gasteiger partial charge in [-0.3, -0.25) is 0 Å². The molecule has 3 N–H and O–H groups in total. The van der Waals surface area contributed by atoms with E-state index in [1.165, 1.54) is 17.5 Å². The van der Waals surface area contributed by atoms with Gasteiger partial charge in [-0.15, -0.1) is 0 Å². The van der Waals surface area contributed by atoms with Crippen LogP contribution in [0.15, 0.2) is 18.2 Å². The van der Waals surface area contributed by atoms with Gasteiger partial charge in [0.05, 0.1) is 13.2 Å². The minimum atomic E-state index is 0.481. The number of hydrogen-bond donors (Lipinski definition) is 2. The third kappa shape index (κ3) is 4.20. The van der Waals surface area contributed by atoms with Crippen LogP contribution in [0.3, 0.4) is 0 Å². The van der Waals surface area contributed by atoms with Crippen molar-refractivity contribution >= 4 is 5.69 Å². The second kappa shape index (κ2) is 7.48. The Kier molecular flexibility index (Phi) is 5.63. The van der Waals surface area contributed by atoms with Crippen LogP contribution in [-0.4, -0.2) is 33.5 Å². The van der Waals surface area contributed by atoms with Gasteiger partial charge in [0.25, 0.3) is 0 Å². The van der Waals surface area contributed by atoms with Crippen LogP contribution < -0.4 is 11.1 Å². The molecule has 0 aromatic heterocycles. The van der Waals surface area contributed by atoms with Crippen LogP contribution in [0.2, 0.25) is 0 Å². The largest absolute Gasteiger partial charge is 0.399 e. The van der Waals surface area contributed by atoms with Crippen LogP contribution in [0.25, 0.3) is 0 Å². The van der Waals surface area contributed by atoms with E-state index in [0.29, 0.717) is 19.3 Å². The Morgan fingerprint density at radius 3 is 3.05 bits per heavy atom. The Balaban J connectivity index is 1.66. The number of rotatable bonds is 8. The average Bonchev–Trinajstić information content (AvgIpc) is 2.80. The smallest absolute Gasteiger partial charge is 0.0700 e. The number of benzene rings is 1. The van der Waals surface area contributed by atoms with E-state index in [-0.39, 0.29) is 0 Å². The summed E-state index contributed by atoms with van der Waals surface area (Å²) < 4.78 is 10.4. The van der Waals surface area contributed by atoms with E-state index < -0.39 is 0 Å². The van der Waals surface area contributed by atoms with Gasteiger partial charge in [-0.25, -0.2) is 0 Å². The minimum absolute atomic E-state index is 0.481. The lowest BCUT2D eigenvalue weighted by Gasteiger charge is -2.14. The van der Waals surface area contributed by atoms with Crippen molar-refractivity contribution in [3.63, 3.8) is 0 Å². The molecule has 1 atom stereocenters. The standard InChI is InChI=1S/C15H24N2O2/c1-18-9-10-19-8-2-7-17-15-6-3-12-11-13(16)4-5-14(12)15/h4-5,11,15,17H,2-3,6-10,16H2,1H3. The molecule has 0 bridgehead atoms. The number of nitrogen functional groups attached to an aromatic ring is 1. The minimum Gasteiger partial charge on any atom is -0.399 e. The Bertz CT molecular complexity index is 396. The van der Waals surface area contributed by atoms with Crippen LogP contribution >= 0.6 is 0 Å². The topological polar surface area (TPSA) is 56.5 Å². The zero-order valence-corrected chi connectivity index (χ0v) is 11.7. The molecule has 0 spiro atoms. The van der Waals surface area contributed by atoms with Crippen molar-refractivity contribution in [3.8, 4) is 0 Å². The van der Waals surface area contributed by atoms with Gasteiger partial charge in [-0.05, 0) is 49.1 Å². The molecule has 0 amide bonds. The molecule has 19 heavy (non-hydrogen) atoms. The fourth-order valence-corrected chi connectivity index (χ4v) is 2.54. The van der Waals surface area contributed by atoms with Gasteiger partial charge in [-0.2, -0.15) is 0 Å². The maximum atomic E-state index is 5.81. The predicted molar refractivity (Wildman–Crippen MR) is 77.2 cm³/mol. The summed E-state index contributed by atoms with van der Waals surface area (Å²) in [5.41, 5.74) is 9.48. The third-order valence-corrected chi connectivity index (χ3v) is 3.53. The molecule has 4 heteroatoms. The fourth-order valence-electron chi connectivity index (χ4n) is 2.54. The van der Waals surface area contributed by atoms with E-state index >= 15 is 0 Å². The first kappa shape index (κ1) is 14.3. The second-order valence-corrected chi connectivity index (χ2v) is 4.96. The molecule has 106 valence electrons. The zero-order valence-electron chi connectivity index (χ0n) is 11.7. The Hall–Kier alpha value is -1.10. The lowest BCUT2D eigenvalue weighted by molar-refractivity contribution is 0.0692. The van der Waals surface area contributed by atoms with Crippen molar-refractivity contribution in [3.05, 3.63) is 29.3 Å². The van der Waals surface area contributed by atoms with Crippen molar-refractivity contribution in [2.45, 2.75) is 25.3 Å². The molecule has 4 nitrogen and oxygen atoms in total. The number of aryl methyl sites for hydroxylation is 1. The molecule has 0 radical (unpaired) electrons. The monoisotopic (exact) mass is 264 g/mol. The molecule has 1 aromatic rings. The van der Waals surface area contributed by atoms with Gasteiger partial charge < -0.3 is 20.5 Å². The summed E-state index contributed by atoms with van der Waals surface area (Å²) in [6.45, 7) is 3.13. The molecule has 0 fully saturated rings. The highest BCUT2D eigenvalue weighted by molar-refractivity contribution is 5.47. The first-order valence-corrected chi connectivity index (χ1v) is 6.99. The summed E-state index contributed by atoms with van der Waals surface area (Å²) in [7, 11) is 1.69. The van der Waals surface area contributed by atoms with Crippen molar-refractivity contribution in [1.29, 1.82) is 0 Å². The second-order valence-electron chi connectivity index (χ2n) is 4.96. The van der Waals surface area contributed by atoms with Crippen molar-refractivity contribution < 1.29 is 9.47 Å². The van der Waals surface area contributed by atoms with Gasteiger partial charge in [0, 0.05) is 25.4 Å². The molecule has 0 saturated carbocycles. The zero-order chi connectivity index (χ0) is 13.5. The van der Waals surface area contributed by atoms with Crippen molar-refractivity contribution in [2.24, 2.45) is 0 Å². The first-order chi connectivity index (χ1) is 9.31. The summed E-state index contributed by atoms with van der Waals surface area (Å²) in [5, 5.41) is 3.60. The predicted octanol–water partition coefficient (Wildman–Crippen LogP) is 1.90. The molecule has 0 heterocycles. The SMILES string of the molecule is COCCOCCCNC1CCc2cc(N)ccc21. The van der Waals surface area contributed by atoms with Crippen LogP contribution in [0.5, 0.6) is 0 Å². The van der Waals surface area contributed by atoms with Crippen LogP contribution in [-0.2, 0) is 15.9 Å². The van der Waals surface area contributed by atoms with E-state index in [4.69, 9.17) is 15.2 Å². The van der Waals surface area contributed by atoms with Gasteiger partial charge >= 0.3 is 0 Å². The molecule has 0 saturated heterocycles. The molecule has 1 aliphatic carbocycles. The van der Waals surface area contributed by atoms with Crippen LogP contribution in [0, 0.1) is 0 Å². The number of anilines is 1.